The first kappa shape index (κ1) is 13.4. The molecular formula is C16H18O3. The van der Waals surface area contributed by atoms with Crippen LogP contribution in [0.1, 0.15) is 42.6 Å². The summed E-state index contributed by atoms with van der Waals surface area (Å²) in [4.78, 5) is 10.5. The third-order valence-electron chi connectivity index (χ3n) is 2.88. The van der Waals surface area contributed by atoms with E-state index < -0.39 is 0 Å². The van der Waals surface area contributed by atoms with Crippen LogP contribution in [0.25, 0.3) is 0 Å². The van der Waals surface area contributed by atoms with Gasteiger partial charge in [-0.25, -0.2) is 0 Å². The topological polar surface area (TPSA) is 39.4 Å². The summed E-state index contributed by atoms with van der Waals surface area (Å²) in [6.45, 7) is 6.81. The van der Waals surface area contributed by atoms with Crippen molar-refractivity contribution in [2.24, 2.45) is 0 Å². The van der Waals surface area contributed by atoms with E-state index >= 15 is 0 Å². The average Bonchev–Trinajstić information content (AvgIpc) is 2.84. The summed E-state index contributed by atoms with van der Waals surface area (Å²) >= 11 is 0. The monoisotopic (exact) mass is 258 g/mol. The standard InChI is InChI=1S/C16H18O3/c1-16(2,3)12-5-4-6-13(9-12)18-11-15-8-7-14(10-17)19-15/h4-10H,11H2,1-3H3. The summed E-state index contributed by atoms with van der Waals surface area (Å²) < 4.78 is 10.9. The zero-order valence-electron chi connectivity index (χ0n) is 11.5. The van der Waals surface area contributed by atoms with Crippen molar-refractivity contribution in [2.45, 2.75) is 32.8 Å². The van der Waals surface area contributed by atoms with Gasteiger partial charge in [-0.3, -0.25) is 4.79 Å². The quantitative estimate of drug-likeness (QED) is 0.779. The van der Waals surface area contributed by atoms with E-state index in [1.165, 1.54) is 5.56 Å². The first-order valence-electron chi connectivity index (χ1n) is 6.26. The molecule has 0 atom stereocenters. The molecule has 0 N–H and O–H groups in total. The number of hydrogen-bond acceptors (Lipinski definition) is 3. The van der Waals surface area contributed by atoms with Crippen LogP contribution in [0.15, 0.2) is 40.8 Å². The average molecular weight is 258 g/mol. The van der Waals surface area contributed by atoms with Gasteiger partial charge in [-0.05, 0) is 35.2 Å². The third kappa shape index (κ3) is 3.47. The van der Waals surface area contributed by atoms with Crippen LogP contribution in [-0.4, -0.2) is 6.29 Å². The van der Waals surface area contributed by atoms with Crippen LogP contribution in [0.5, 0.6) is 5.75 Å². The van der Waals surface area contributed by atoms with E-state index in [1.807, 2.05) is 18.2 Å². The third-order valence-corrected chi connectivity index (χ3v) is 2.88. The van der Waals surface area contributed by atoms with Crippen LogP contribution < -0.4 is 4.74 Å². The Bertz CT molecular complexity index is 561. The summed E-state index contributed by atoms with van der Waals surface area (Å²) in [7, 11) is 0. The van der Waals surface area contributed by atoms with Crippen molar-refractivity contribution < 1.29 is 13.9 Å². The van der Waals surface area contributed by atoms with Crippen LogP contribution in [0.2, 0.25) is 0 Å². The molecule has 0 aliphatic rings. The molecule has 0 amide bonds. The molecular weight excluding hydrogens is 240 g/mol. The maximum absolute atomic E-state index is 10.5. The molecule has 0 bridgehead atoms. The van der Waals surface area contributed by atoms with E-state index in [1.54, 1.807) is 12.1 Å². The maximum Gasteiger partial charge on any atom is 0.185 e. The first-order chi connectivity index (χ1) is 8.99. The molecule has 0 saturated heterocycles. The predicted molar refractivity (Wildman–Crippen MR) is 73.6 cm³/mol. The van der Waals surface area contributed by atoms with Crippen LogP contribution in [0.3, 0.4) is 0 Å². The van der Waals surface area contributed by atoms with Gasteiger partial charge in [0, 0.05) is 0 Å². The molecule has 2 aromatic rings. The lowest BCUT2D eigenvalue weighted by molar-refractivity contribution is 0.109. The molecule has 0 saturated carbocycles. The number of benzene rings is 1. The minimum atomic E-state index is 0.0920. The fourth-order valence-electron chi connectivity index (χ4n) is 1.74. The number of ether oxygens (including phenoxy) is 1. The van der Waals surface area contributed by atoms with Crippen molar-refractivity contribution in [2.75, 3.05) is 0 Å². The highest BCUT2D eigenvalue weighted by Gasteiger charge is 2.14. The molecule has 3 heteroatoms. The Labute approximate surface area is 113 Å². The predicted octanol–water partition coefficient (Wildman–Crippen LogP) is 3.97. The van der Waals surface area contributed by atoms with Gasteiger partial charge >= 0.3 is 0 Å². The van der Waals surface area contributed by atoms with Crippen molar-refractivity contribution in [3.05, 3.63) is 53.5 Å². The molecule has 0 radical (unpaired) electrons. The Kier molecular flexibility index (Phi) is 3.74. The van der Waals surface area contributed by atoms with Crippen LogP contribution in [0, 0.1) is 0 Å². The van der Waals surface area contributed by atoms with Gasteiger partial charge in [0.1, 0.15) is 18.1 Å². The lowest BCUT2D eigenvalue weighted by Gasteiger charge is -2.19. The normalized spacial score (nSPS) is 11.3. The van der Waals surface area contributed by atoms with E-state index in [-0.39, 0.29) is 5.41 Å². The Morgan fingerprint density at radius 1 is 1.21 bits per heavy atom. The van der Waals surface area contributed by atoms with Crippen LogP contribution in [-0.2, 0) is 12.0 Å². The summed E-state index contributed by atoms with van der Waals surface area (Å²) in [5, 5.41) is 0. The van der Waals surface area contributed by atoms with Gasteiger partial charge < -0.3 is 9.15 Å². The van der Waals surface area contributed by atoms with E-state index in [2.05, 4.69) is 26.8 Å². The van der Waals surface area contributed by atoms with Gasteiger partial charge in [0.25, 0.3) is 0 Å². The molecule has 0 aliphatic carbocycles. The first-order valence-corrected chi connectivity index (χ1v) is 6.26. The van der Waals surface area contributed by atoms with Crippen molar-refractivity contribution in [3.8, 4) is 5.75 Å². The Morgan fingerprint density at radius 3 is 2.63 bits per heavy atom. The number of aldehydes is 1. The maximum atomic E-state index is 10.5. The molecule has 0 aliphatic heterocycles. The number of carbonyl (C=O) groups is 1. The minimum Gasteiger partial charge on any atom is -0.486 e. The molecule has 100 valence electrons. The number of furan rings is 1. The minimum absolute atomic E-state index is 0.0920. The molecule has 0 fully saturated rings. The van der Waals surface area contributed by atoms with Crippen molar-refractivity contribution >= 4 is 6.29 Å². The molecule has 2 rings (SSSR count). The molecule has 1 aromatic heterocycles. The van der Waals surface area contributed by atoms with Crippen molar-refractivity contribution in [3.63, 3.8) is 0 Å². The van der Waals surface area contributed by atoms with E-state index in [0.717, 1.165) is 5.75 Å². The number of hydrogen-bond donors (Lipinski definition) is 0. The summed E-state index contributed by atoms with van der Waals surface area (Å²) in [6.07, 6.45) is 0.684. The van der Waals surface area contributed by atoms with Gasteiger partial charge in [0.2, 0.25) is 0 Å². The molecule has 0 unspecified atom stereocenters. The fourth-order valence-corrected chi connectivity index (χ4v) is 1.74. The Morgan fingerprint density at radius 2 is 2.00 bits per heavy atom. The second-order valence-electron chi connectivity index (χ2n) is 5.49. The van der Waals surface area contributed by atoms with Crippen molar-refractivity contribution in [1.82, 2.24) is 0 Å². The zero-order chi connectivity index (χ0) is 13.9. The highest BCUT2D eigenvalue weighted by atomic mass is 16.5. The lowest BCUT2D eigenvalue weighted by atomic mass is 9.87. The second-order valence-corrected chi connectivity index (χ2v) is 5.49. The molecule has 19 heavy (non-hydrogen) atoms. The molecule has 1 aromatic carbocycles. The Hall–Kier alpha value is -2.03. The summed E-state index contributed by atoms with van der Waals surface area (Å²) in [5.41, 5.74) is 1.31. The second kappa shape index (κ2) is 5.31. The lowest BCUT2D eigenvalue weighted by Crippen LogP contribution is -2.10. The molecule has 3 nitrogen and oxygen atoms in total. The Balaban J connectivity index is 2.05. The van der Waals surface area contributed by atoms with Gasteiger partial charge in [-0.2, -0.15) is 0 Å². The summed E-state index contributed by atoms with van der Waals surface area (Å²) in [5.74, 6) is 1.77. The number of rotatable bonds is 4. The van der Waals surface area contributed by atoms with E-state index in [4.69, 9.17) is 9.15 Å². The van der Waals surface area contributed by atoms with Gasteiger partial charge in [-0.15, -0.1) is 0 Å². The SMILES string of the molecule is CC(C)(C)c1cccc(OCc2ccc(C=O)o2)c1. The van der Waals surface area contributed by atoms with Crippen LogP contribution >= 0.6 is 0 Å². The largest absolute Gasteiger partial charge is 0.486 e. The highest BCUT2D eigenvalue weighted by molar-refractivity contribution is 5.70. The smallest absolute Gasteiger partial charge is 0.185 e. The van der Waals surface area contributed by atoms with Gasteiger partial charge in [0.15, 0.2) is 12.0 Å². The molecule has 0 spiro atoms. The number of carbonyl (C=O) groups excluding carboxylic acids is 1. The molecule has 1 heterocycles. The summed E-state index contributed by atoms with van der Waals surface area (Å²) in [6, 6.07) is 11.4. The van der Waals surface area contributed by atoms with Gasteiger partial charge in [-0.1, -0.05) is 32.9 Å². The highest BCUT2D eigenvalue weighted by Crippen LogP contribution is 2.26. The fraction of sp³-hybridized carbons (Fsp3) is 0.312. The van der Waals surface area contributed by atoms with E-state index in [0.29, 0.717) is 24.4 Å². The van der Waals surface area contributed by atoms with E-state index in [9.17, 15) is 4.79 Å². The van der Waals surface area contributed by atoms with Crippen LogP contribution in [0.4, 0.5) is 0 Å². The zero-order valence-corrected chi connectivity index (χ0v) is 11.5. The van der Waals surface area contributed by atoms with Gasteiger partial charge in [0.05, 0.1) is 0 Å². The van der Waals surface area contributed by atoms with Crippen molar-refractivity contribution in [1.29, 1.82) is 0 Å².